The predicted molar refractivity (Wildman–Crippen MR) is 78.1 cm³/mol. The minimum atomic E-state index is -1.12. The Morgan fingerprint density at radius 3 is 2.65 bits per heavy atom. The smallest absolute Gasteiger partial charge is 0.157 e. The third-order valence-corrected chi connectivity index (χ3v) is 3.83. The van der Waals surface area contributed by atoms with E-state index in [0.717, 1.165) is 19.3 Å². The number of carbonyl (C=O) groups is 1. The fraction of sp³-hybridized carbons (Fsp3) is 0.500. The van der Waals surface area contributed by atoms with Crippen molar-refractivity contribution < 1.29 is 9.18 Å². The fourth-order valence-corrected chi connectivity index (χ4v) is 2.56. The molecule has 0 N–H and O–H groups in total. The van der Waals surface area contributed by atoms with Crippen LogP contribution in [0.1, 0.15) is 51.0 Å². The summed E-state index contributed by atoms with van der Waals surface area (Å²) in [6.07, 6.45) is 3.30. The fourth-order valence-electron chi connectivity index (χ4n) is 2.29. The Morgan fingerprint density at radius 2 is 2.15 bits per heavy atom. The van der Waals surface area contributed by atoms with E-state index in [1.807, 2.05) is 19.9 Å². The van der Waals surface area contributed by atoms with Gasteiger partial charge in [0, 0.05) is 16.5 Å². The van der Waals surface area contributed by atoms with Gasteiger partial charge in [0.15, 0.2) is 5.78 Å². The molecular formula is C16H19ClFNO. The Bertz CT molecular complexity index is 489. The molecule has 0 aliphatic carbocycles. The summed E-state index contributed by atoms with van der Waals surface area (Å²) in [4.78, 5) is 12.5. The van der Waals surface area contributed by atoms with E-state index in [4.69, 9.17) is 11.6 Å². The normalized spacial score (nSPS) is 13.6. The van der Waals surface area contributed by atoms with Gasteiger partial charge in [-0.2, -0.15) is 5.26 Å². The summed E-state index contributed by atoms with van der Waals surface area (Å²) >= 11 is 5.96. The summed E-state index contributed by atoms with van der Waals surface area (Å²) in [5.74, 6) is -2.15. The van der Waals surface area contributed by atoms with E-state index in [2.05, 4.69) is 0 Å². The highest BCUT2D eigenvalue weighted by molar-refractivity contribution is 6.31. The second kappa shape index (κ2) is 8.01. The zero-order chi connectivity index (χ0) is 15.1. The van der Waals surface area contributed by atoms with Crippen LogP contribution in [0.5, 0.6) is 0 Å². The average Bonchev–Trinajstić information content (AvgIpc) is 2.43. The molecule has 0 aliphatic heterocycles. The summed E-state index contributed by atoms with van der Waals surface area (Å²) < 4.78 is 13.9. The van der Waals surface area contributed by atoms with Crippen LogP contribution in [-0.4, -0.2) is 5.78 Å². The molecular weight excluding hydrogens is 277 g/mol. The lowest BCUT2D eigenvalue weighted by Gasteiger charge is -2.18. The molecule has 20 heavy (non-hydrogen) atoms. The minimum absolute atomic E-state index is 0.0108. The first-order chi connectivity index (χ1) is 9.56. The molecule has 2 unspecified atom stereocenters. The van der Waals surface area contributed by atoms with E-state index in [1.54, 1.807) is 0 Å². The van der Waals surface area contributed by atoms with Crippen molar-refractivity contribution in [3.8, 4) is 6.07 Å². The number of ketones is 1. The Morgan fingerprint density at radius 1 is 1.45 bits per heavy atom. The molecule has 0 amide bonds. The summed E-state index contributed by atoms with van der Waals surface area (Å²) in [7, 11) is 0. The Labute approximate surface area is 124 Å². The maximum absolute atomic E-state index is 13.9. The Balaban J connectivity index is 3.07. The van der Waals surface area contributed by atoms with Gasteiger partial charge in [0.05, 0.1) is 6.07 Å². The van der Waals surface area contributed by atoms with Crippen LogP contribution in [0.4, 0.5) is 4.39 Å². The first kappa shape index (κ1) is 16.7. The zero-order valence-electron chi connectivity index (χ0n) is 11.8. The summed E-state index contributed by atoms with van der Waals surface area (Å²) in [6.45, 7) is 3.96. The van der Waals surface area contributed by atoms with Crippen LogP contribution in [-0.2, 0) is 4.79 Å². The second-order valence-electron chi connectivity index (χ2n) is 4.85. The first-order valence-corrected chi connectivity index (χ1v) is 7.31. The molecule has 2 atom stereocenters. The van der Waals surface area contributed by atoms with Gasteiger partial charge in [-0.1, -0.05) is 44.4 Å². The molecule has 0 spiro atoms. The standard InChI is InChI=1S/C16H19ClFNO/c1-3-5-7-11(4-2)16(20)12(10-19)15-13(17)8-6-9-14(15)18/h6,8-9,11-12H,3-5,7H2,1-2H3. The number of nitriles is 1. The van der Waals surface area contributed by atoms with Gasteiger partial charge < -0.3 is 0 Å². The molecule has 0 aliphatic rings. The largest absolute Gasteiger partial charge is 0.298 e. The molecule has 4 heteroatoms. The van der Waals surface area contributed by atoms with Crippen LogP contribution in [0.15, 0.2) is 18.2 Å². The lowest BCUT2D eigenvalue weighted by atomic mass is 9.84. The van der Waals surface area contributed by atoms with E-state index in [-0.39, 0.29) is 22.3 Å². The molecule has 1 rings (SSSR count). The van der Waals surface area contributed by atoms with Crippen molar-refractivity contribution >= 4 is 17.4 Å². The van der Waals surface area contributed by atoms with Crippen LogP contribution in [0.25, 0.3) is 0 Å². The highest BCUT2D eigenvalue weighted by Crippen LogP contribution is 2.31. The van der Waals surface area contributed by atoms with Gasteiger partial charge >= 0.3 is 0 Å². The monoisotopic (exact) mass is 295 g/mol. The number of rotatable bonds is 7. The second-order valence-corrected chi connectivity index (χ2v) is 5.25. The summed E-state index contributed by atoms with van der Waals surface area (Å²) in [5.41, 5.74) is 0.0108. The molecule has 0 radical (unpaired) electrons. The molecule has 0 bridgehead atoms. The molecule has 0 fully saturated rings. The van der Waals surface area contributed by atoms with E-state index >= 15 is 0 Å². The third-order valence-electron chi connectivity index (χ3n) is 3.50. The van der Waals surface area contributed by atoms with Gasteiger partial charge in [0.25, 0.3) is 0 Å². The summed E-state index contributed by atoms with van der Waals surface area (Å²) in [5, 5.41) is 9.41. The van der Waals surface area contributed by atoms with Crippen molar-refractivity contribution in [3.05, 3.63) is 34.6 Å². The van der Waals surface area contributed by atoms with Crippen molar-refractivity contribution in [1.82, 2.24) is 0 Å². The molecule has 2 nitrogen and oxygen atoms in total. The number of benzene rings is 1. The highest BCUT2D eigenvalue weighted by atomic mass is 35.5. The van der Waals surface area contributed by atoms with Gasteiger partial charge in [-0.25, -0.2) is 4.39 Å². The van der Waals surface area contributed by atoms with E-state index in [0.29, 0.717) is 6.42 Å². The van der Waals surface area contributed by atoms with Crippen LogP contribution < -0.4 is 0 Å². The van der Waals surface area contributed by atoms with Gasteiger partial charge in [0.2, 0.25) is 0 Å². The number of nitrogens with zero attached hydrogens (tertiary/aromatic N) is 1. The van der Waals surface area contributed by atoms with Crippen LogP contribution in [0.2, 0.25) is 5.02 Å². The number of hydrogen-bond acceptors (Lipinski definition) is 2. The van der Waals surface area contributed by atoms with Gasteiger partial charge in [0.1, 0.15) is 11.7 Å². The Kier molecular flexibility index (Phi) is 6.67. The summed E-state index contributed by atoms with van der Waals surface area (Å²) in [6, 6.07) is 6.12. The van der Waals surface area contributed by atoms with Crippen LogP contribution in [0.3, 0.4) is 0 Å². The van der Waals surface area contributed by atoms with Gasteiger partial charge in [-0.05, 0) is 25.0 Å². The molecule has 0 saturated heterocycles. The maximum atomic E-state index is 13.9. The number of halogens is 2. The number of hydrogen-bond donors (Lipinski definition) is 0. The number of carbonyl (C=O) groups excluding carboxylic acids is 1. The average molecular weight is 296 g/mol. The molecule has 0 saturated carbocycles. The van der Waals surface area contributed by atoms with E-state index in [1.165, 1.54) is 18.2 Å². The highest BCUT2D eigenvalue weighted by Gasteiger charge is 2.30. The van der Waals surface area contributed by atoms with Crippen molar-refractivity contribution in [3.63, 3.8) is 0 Å². The lowest BCUT2D eigenvalue weighted by molar-refractivity contribution is -0.123. The minimum Gasteiger partial charge on any atom is -0.298 e. The van der Waals surface area contributed by atoms with Crippen molar-refractivity contribution in [2.45, 2.75) is 45.4 Å². The Hall–Kier alpha value is -1.40. The first-order valence-electron chi connectivity index (χ1n) is 6.94. The topological polar surface area (TPSA) is 40.9 Å². The quantitative estimate of drug-likeness (QED) is 0.720. The van der Waals surface area contributed by atoms with Gasteiger partial charge in [-0.3, -0.25) is 4.79 Å². The molecule has 1 aromatic rings. The third kappa shape index (κ3) is 3.80. The molecule has 1 aromatic carbocycles. The molecule has 0 heterocycles. The number of unbranched alkanes of at least 4 members (excludes halogenated alkanes) is 1. The van der Waals surface area contributed by atoms with Crippen molar-refractivity contribution in [2.75, 3.05) is 0 Å². The van der Waals surface area contributed by atoms with Gasteiger partial charge in [-0.15, -0.1) is 0 Å². The number of Topliss-reactive ketones (excluding diaryl/α,β-unsaturated/α-hetero) is 1. The maximum Gasteiger partial charge on any atom is 0.157 e. The van der Waals surface area contributed by atoms with Crippen molar-refractivity contribution in [1.29, 1.82) is 5.26 Å². The molecule has 0 aromatic heterocycles. The van der Waals surface area contributed by atoms with Crippen LogP contribution in [0, 0.1) is 23.1 Å². The van der Waals surface area contributed by atoms with E-state index in [9.17, 15) is 14.4 Å². The molecule has 108 valence electrons. The predicted octanol–water partition coefficient (Wildman–Crippen LogP) is 4.87. The lowest BCUT2D eigenvalue weighted by Crippen LogP contribution is -2.22. The van der Waals surface area contributed by atoms with E-state index < -0.39 is 11.7 Å². The SMILES string of the molecule is CCCCC(CC)C(=O)C(C#N)c1c(F)cccc1Cl. The van der Waals surface area contributed by atoms with Crippen molar-refractivity contribution in [2.24, 2.45) is 5.92 Å². The van der Waals surface area contributed by atoms with Crippen LogP contribution >= 0.6 is 11.6 Å². The zero-order valence-corrected chi connectivity index (χ0v) is 12.6.